The van der Waals surface area contributed by atoms with E-state index in [1.165, 1.54) is 19.1 Å². The van der Waals surface area contributed by atoms with Gasteiger partial charge in [-0.15, -0.1) is 0 Å². The van der Waals surface area contributed by atoms with Crippen LogP contribution in [0.2, 0.25) is 0 Å². The molecule has 1 amide bonds. The van der Waals surface area contributed by atoms with Crippen LogP contribution in [0.5, 0.6) is 0 Å². The largest absolute Gasteiger partial charge is 0.466 e. The number of carbonyl (C=O) groups excluding carboxylic acids is 3. The number of anilines is 1. The van der Waals surface area contributed by atoms with E-state index < -0.39 is 17.8 Å². The fourth-order valence-corrected chi connectivity index (χ4v) is 2.38. The zero-order chi connectivity index (χ0) is 17.7. The van der Waals surface area contributed by atoms with E-state index in [-0.39, 0.29) is 31.0 Å². The Morgan fingerprint density at radius 2 is 1.92 bits per heavy atom. The van der Waals surface area contributed by atoms with E-state index in [2.05, 4.69) is 0 Å². The third-order valence-electron chi connectivity index (χ3n) is 3.43. The molecule has 0 aliphatic carbocycles. The fraction of sp³-hybridized carbons (Fsp3) is 0.312. The van der Waals surface area contributed by atoms with Crippen molar-refractivity contribution in [2.24, 2.45) is 5.73 Å². The number of hydrogen-bond donors (Lipinski definition) is 1. The minimum Gasteiger partial charge on any atom is -0.466 e. The van der Waals surface area contributed by atoms with E-state index >= 15 is 0 Å². The van der Waals surface area contributed by atoms with Crippen LogP contribution in [-0.4, -0.2) is 45.4 Å². The highest BCUT2D eigenvalue weighted by Crippen LogP contribution is 2.27. The minimum atomic E-state index is -0.681. The second-order valence-corrected chi connectivity index (χ2v) is 5.03. The molecule has 2 rings (SSSR count). The van der Waals surface area contributed by atoms with Gasteiger partial charge in [0.2, 0.25) is 5.91 Å². The predicted molar refractivity (Wildman–Crippen MR) is 83.7 cm³/mol. The predicted octanol–water partition coefficient (Wildman–Crippen LogP) is 0.109. The van der Waals surface area contributed by atoms with Gasteiger partial charge in [-0.05, 0) is 17.7 Å². The van der Waals surface area contributed by atoms with Crippen molar-refractivity contribution in [2.45, 2.75) is 6.42 Å². The third kappa shape index (κ3) is 3.72. The summed E-state index contributed by atoms with van der Waals surface area (Å²) in [5, 5.41) is 0. The molecule has 0 atom stereocenters. The maximum Gasteiger partial charge on any atom is 0.355 e. The lowest BCUT2D eigenvalue weighted by Gasteiger charge is -2.31. The first kappa shape index (κ1) is 17.5. The normalized spacial score (nSPS) is 14.3. The maximum absolute atomic E-state index is 12.2. The molecule has 0 aromatic heterocycles. The van der Waals surface area contributed by atoms with E-state index in [9.17, 15) is 14.4 Å². The van der Waals surface area contributed by atoms with Crippen LogP contribution in [-0.2, 0) is 35.0 Å². The summed E-state index contributed by atoms with van der Waals surface area (Å²) in [6.07, 6.45) is 0.0592. The number of amides is 1. The molecule has 1 aromatic rings. The Hall–Kier alpha value is -2.87. The summed E-state index contributed by atoms with van der Waals surface area (Å²) in [6.45, 7) is -0.0143. The van der Waals surface area contributed by atoms with Crippen molar-refractivity contribution in [3.8, 4) is 0 Å². The molecule has 0 spiro atoms. The van der Waals surface area contributed by atoms with Gasteiger partial charge in [0, 0.05) is 5.69 Å². The van der Waals surface area contributed by atoms with Gasteiger partial charge in [0.05, 0.1) is 32.8 Å². The van der Waals surface area contributed by atoms with E-state index in [1.54, 1.807) is 24.3 Å². The van der Waals surface area contributed by atoms with Crippen LogP contribution in [0.4, 0.5) is 5.69 Å². The van der Waals surface area contributed by atoms with Gasteiger partial charge in [-0.2, -0.15) is 0 Å². The average Bonchev–Trinajstić information content (AvgIpc) is 2.59. The standard InChI is InChI=1S/C16H18N2O6/c1-22-15(20)12-8-24-9-18(14(12)16(21)23-2)11-5-3-4-10(6-11)7-13(17)19/h3-6H,7-9H2,1-2H3,(H2,17,19). The number of esters is 2. The van der Waals surface area contributed by atoms with Crippen LogP contribution in [0.25, 0.3) is 0 Å². The Bertz CT molecular complexity index is 698. The smallest absolute Gasteiger partial charge is 0.355 e. The summed E-state index contributed by atoms with van der Waals surface area (Å²) in [6, 6.07) is 6.87. The molecular weight excluding hydrogens is 316 g/mol. The molecule has 2 N–H and O–H groups in total. The Balaban J connectivity index is 2.48. The van der Waals surface area contributed by atoms with E-state index in [4.69, 9.17) is 19.9 Å². The summed E-state index contributed by atoms with van der Waals surface area (Å²) in [5.74, 6) is -1.83. The number of primary amides is 1. The second kappa shape index (κ2) is 7.60. The molecule has 0 saturated carbocycles. The number of benzene rings is 1. The van der Waals surface area contributed by atoms with Crippen molar-refractivity contribution in [1.29, 1.82) is 0 Å². The molecule has 0 unspecified atom stereocenters. The van der Waals surface area contributed by atoms with Crippen LogP contribution in [0.15, 0.2) is 35.5 Å². The van der Waals surface area contributed by atoms with Crippen LogP contribution >= 0.6 is 0 Å². The first-order valence-corrected chi connectivity index (χ1v) is 7.10. The molecule has 128 valence electrons. The van der Waals surface area contributed by atoms with Crippen molar-refractivity contribution < 1.29 is 28.6 Å². The molecule has 0 bridgehead atoms. The Morgan fingerprint density at radius 3 is 2.54 bits per heavy atom. The van der Waals surface area contributed by atoms with Crippen molar-refractivity contribution in [3.63, 3.8) is 0 Å². The van der Waals surface area contributed by atoms with Gasteiger partial charge in [-0.25, -0.2) is 9.59 Å². The lowest BCUT2D eigenvalue weighted by molar-refractivity contribution is -0.140. The molecule has 1 aliphatic heterocycles. The minimum absolute atomic E-state index is 0.0466. The van der Waals surface area contributed by atoms with E-state index in [1.807, 2.05) is 0 Å². The topological polar surface area (TPSA) is 108 Å². The molecule has 1 aliphatic rings. The van der Waals surface area contributed by atoms with Crippen LogP contribution in [0, 0.1) is 0 Å². The lowest BCUT2D eigenvalue weighted by Crippen LogP contribution is -2.38. The molecule has 8 heteroatoms. The SMILES string of the molecule is COC(=O)C1=C(C(=O)OC)N(c2cccc(CC(N)=O)c2)COC1. The summed E-state index contributed by atoms with van der Waals surface area (Å²) in [7, 11) is 2.44. The summed E-state index contributed by atoms with van der Waals surface area (Å²) < 4.78 is 14.9. The number of hydrogen-bond acceptors (Lipinski definition) is 7. The van der Waals surface area contributed by atoms with Crippen LogP contribution in [0.3, 0.4) is 0 Å². The number of methoxy groups -OCH3 is 2. The zero-order valence-corrected chi connectivity index (χ0v) is 13.4. The van der Waals surface area contributed by atoms with Gasteiger partial charge in [0.25, 0.3) is 0 Å². The molecular formula is C16H18N2O6. The Morgan fingerprint density at radius 1 is 1.21 bits per heavy atom. The molecule has 0 fully saturated rings. The van der Waals surface area contributed by atoms with Crippen molar-refractivity contribution in [2.75, 3.05) is 32.5 Å². The van der Waals surface area contributed by atoms with Gasteiger partial charge in [0.1, 0.15) is 12.4 Å². The van der Waals surface area contributed by atoms with Gasteiger partial charge in [-0.3, -0.25) is 4.79 Å². The highest BCUT2D eigenvalue weighted by molar-refractivity contribution is 6.03. The first-order valence-electron chi connectivity index (χ1n) is 7.10. The van der Waals surface area contributed by atoms with Crippen LogP contribution < -0.4 is 10.6 Å². The number of rotatable bonds is 5. The Labute approximate surface area is 138 Å². The van der Waals surface area contributed by atoms with E-state index in [0.717, 1.165) is 0 Å². The Kier molecular flexibility index (Phi) is 5.54. The molecule has 0 radical (unpaired) electrons. The van der Waals surface area contributed by atoms with Crippen molar-refractivity contribution in [3.05, 3.63) is 41.1 Å². The van der Waals surface area contributed by atoms with Crippen molar-refractivity contribution in [1.82, 2.24) is 0 Å². The highest BCUT2D eigenvalue weighted by atomic mass is 16.5. The molecule has 1 aromatic carbocycles. The number of nitrogens with two attached hydrogens (primary N) is 1. The molecule has 0 saturated heterocycles. The number of nitrogens with zero attached hydrogens (tertiary/aromatic N) is 1. The quantitative estimate of drug-likeness (QED) is 0.761. The van der Waals surface area contributed by atoms with Gasteiger partial charge in [0.15, 0.2) is 0 Å². The first-order chi connectivity index (χ1) is 11.5. The summed E-state index contributed by atoms with van der Waals surface area (Å²) in [4.78, 5) is 36.7. The average molecular weight is 334 g/mol. The number of carbonyl (C=O) groups is 3. The third-order valence-corrected chi connectivity index (χ3v) is 3.43. The zero-order valence-electron chi connectivity index (χ0n) is 13.4. The number of ether oxygens (including phenoxy) is 3. The van der Waals surface area contributed by atoms with Crippen molar-refractivity contribution >= 4 is 23.5 Å². The van der Waals surface area contributed by atoms with Gasteiger partial charge in [-0.1, -0.05) is 12.1 Å². The summed E-state index contributed by atoms with van der Waals surface area (Å²) >= 11 is 0. The molecule has 1 heterocycles. The highest BCUT2D eigenvalue weighted by Gasteiger charge is 2.32. The van der Waals surface area contributed by atoms with Crippen LogP contribution in [0.1, 0.15) is 5.56 Å². The molecule has 8 nitrogen and oxygen atoms in total. The molecule has 24 heavy (non-hydrogen) atoms. The van der Waals surface area contributed by atoms with E-state index in [0.29, 0.717) is 11.3 Å². The maximum atomic E-state index is 12.2. The monoisotopic (exact) mass is 334 g/mol. The fourth-order valence-electron chi connectivity index (χ4n) is 2.38. The van der Waals surface area contributed by atoms with Gasteiger partial charge < -0.3 is 24.8 Å². The second-order valence-electron chi connectivity index (χ2n) is 5.03. The summed E-state index contributed by atoms with van der Waals surface area (Å²) in [5.41, 5.74) is 6.56. The lowest BCUT2D eigenvalue weighted by atomic mass is 10.1. The van der Waals surface area contributed by atoms with Gasteiger partial charge >= 0.3 is 11.9 Å².